The average molecular weight is 363 g/mol. The largest absolute Gasteiger partial charge is 0.465 e. The number of aryl methyl sites for hydroxylation is 1. The molecule has 2 aromatic carbocycles. The zero-order chi connectivity index (χ0) is 20.0. The molecule has 2 aromatic rings. The van der Waals surface area contributed by atoms with Crippen LogP contribution in [0.4, 0.5) is 0 Å². The van der Waals surface area contributed by atoms with E-state index in [1.807, 2.05) is 18.2 Å². The summed E-state index contributed by atoms with van der Waals surface area (Å²) in [6, 6.07) is 12.2. The number of methoxy groups -OCH3 is 1. The van der Waals surface area contributed by atoms with E-state index in [0.29, 0.717) is 5.56 Å². The monoisotopic (exact) mass is 362 g/mol. The molecule has 1 aliphatic rings. The number of carbonyl (C=O) groups is 1. The number of ether oxygens (including phenoxy) is 1. The Morgan fingerprint density at radius 1 is 0.963 bits per heavy atom. The van der Waals surface area contributed by atoms with Crippen molar-refractivity contribution < 1.29 is 9.53 Å². The van der Waals surface area contributed by atoms with Gasteiger partial charge in [0.15, 0.2) is 0 Å². The number of fused-ring (bicyclic) bond motifs is 1. The van der Waals surface area contributed by atoms with Crippen LogP contribution < -0.4 is 0 Å². The zero-order valence-corrected chi connectivity index (χ0v) is 17.4. The number of hydrogen-bond donors (Lipinski definition) is 0. The van der Waals surface area contributed by atoms with Crippen molar-refractivity contribution in [1.82, 2.24) is 0 Å². The topological polar surface area (TPSA) is 26.3 Å². The molecule has 0 bridgehead atoms. The third-order valence-corrected chi connectivity index (χ3v) is 6.16. The van der Waals surface area contributed by atoms with Gasteiger partial charge in [-0.05, 0) is 76.1 Å². The highest BCUT2D eigenvalue weighted by molar-refractivity contribution is 5.91. The van der Waals surface area contributed by atoms with Crippen LogP contribution in [0.2, 0.25) is 0 Å². The SMILES string of the molecule is C=C(c1cccc(C(=O)OC)c1)c1cc2c(cc1C)C(C)(C)CCC2(C)C. The molecule has 142 valence electrons. The third kappa shape index (κ3) is 3.45. The summed E-state index contributed by atoms with van der Waals surface area (Å²) in [5, 5.41) is 0. The summed E-state index contributed by atoms with van der Waals surface area (Å²) in [4.78, 5) is 11.9. The van der Waals surface area contributed by atoms with E-state index in [1.54, 1.807) is 6.07 Å². The van der Waals surface area contributed by atoms with Crippen molar-refractivity contribution in [2.45, 2.75) is 58.3 Å². The summed E-state index contributed by atoms with van der Waals surface area (Å²) in [7, 11) is 1.40. The Balaban J connectivity index is 2.11. The highest BCUT2D eigenvalue weighted by Crippen LogP contribution is 2.47. The van der Waals surface area contributed by atoms with Crippen molar-refractivity contribution in [1.29, 1.82) is 0 Å². The van der Waals surface area contributed by atoms with Crippen LogP contribution in [0.1, 0.15) is 78.7 Å². The first-order valence-electron chi connectivity index (χ1n) is 9.60. The van der Waals surface area contributed by atoms with E-state index in [-0.39, 0.29) is 16.8 Å². The molecular weight excluding hydrogens is 332 g/mol. The van der Waals surface area contributed by atoms with Gasteiger partial charge in [-0.3, -0.25) is 0 Å². The summed E-state index contributed by atoms with van der Waals surface area (Å²) in [6.45, 7) is 15.9. The van der Waals surface area contributed by atoms with Gasteiger partial charge in [-0.25, -0.2) is 4.79 Å². The molecule has 0 N–H and O–H groups in total. The Morgan fingerprint density at radius 2 is 1.52 bits per heavy atom. The van der Waals surface area contributed by atoms with E-state index >= 15 is 0 Å². The van der Waals surface area contributed by atoms with Crippen LogP contribution in [0.15, 0.2) is 43.0 Å². The first-order valence-corrected chi connectivity index (χ1v) is 9.60. The minimum atomic E-state index is -0.324. The van der Waals surface area contributed by atoms with Crippen LogP contribution >= 0.6 is 0 Å². The summed E-state index contributed by atoms with van der Waals surface area (Å²) >= 11 is 0. The molecular formula is C25H30O2. The van der Waals surface area contributed by atoms with E-state index in [0.717, 1.165) is 16.7 Å². The number of esters is 1. The smallest absolute Gasteiger partial charge is 0.337 e. The van der Waals surface area contributed by atoms with Crippen molar-refractivity contribution in [2.75, 3.05) is 7.11 Å². The molecule has 0 spiro atoms. The maximum atomic E-state index is 11.9. The Bertz CT molecular complexity index is 916. The van der Waals surface area contributed by atoms with E-state index in [4.69, 9.17) is 4.74 Å². The molecule has 2 heteroatoms. The molecule has 27 heavy (non-hydrogen) atoms. The summed E-state index contributed by atoms with van der Waals surface area (Å²) in [6.07, 6.45) is 2.38. The van der Waals surface area contributed by atoms with Gasteiger partial charge in [0, 0.05) is 0 Å². The summed E-state index contributed by atoms with van der Waals surface area (Å²) in [5.41, 5.74) is 8.06. The molecule has 0 unspecified atom stereocenters. The van der Waals surface area contributed by atoms with E-state index in [9.17, 15) is 4.79 Å². The lowest BCUT2D eigenvalue weighted by molar-refractivity contribution is 0.0600. The molecule has 0 saturated heterocycles. The van der Waals surface area contributed by atoms with Crippen LogP contribution in [0.25, 0.3) is 5.57 Å². The number of carbonyl (C=O) groups excluding carboxylic acids is 1. The standard InChI is InChI=1S/C25H30O2/c1-16-13-21-22(25(5,6)12-11-24(21,3)4)15-20(16)17(2)18-9-8-10-19(14-18)23(26)27-7/h8-10,13-15H,2,11-12H2,1,3-7H3. The van der Waals surface area contributed by atoms with Crippen LogP contribution in [0.3, 0.4) is 0 Å². The van der Waals surface area contributed by atoms with Crippen molar-refractivity contribution in [3.8, 4) is 0 Å². The molecule has 0 aliphatic heterocycles. The second kappa shape index (κ2) is 6.67. The molecule has 0 aromatic heterocycles. The van der Waals surface area contributed by atoms with Crippen LogP contribution in [-0.2, 0) is 15.6 Å². The van der Waals surface area contributed by atoms with Gasteiger partial charge in [0.05, 0.1) is 12.7 Å². The maximum absolute atomic E-state index is 11.9. The Hall–Kier alpha value is -2.35. The molecule has 2 nitrogen and oxygen atoms in total. The minimum Gasteiger partial charge on any atom is -0.465 e. The van der Waals surface area contributed by atoms with Crippen LogP contribution in [0.5, 0.6) is 0 Å². The normalized spacial score (nSPS) is 17.1. The lowest BCUT2D eigenvalue weighted by Crippen LogP contribution is -2.34. The van der Waals surface area contributed by atoms with Crippen molar-refractivity contribution >= 4 is 11.5 Å². The molecule has 0 saturated carbocycles. The quantitative estimate of drug-likeness (QED) is 0.608. The second-order valence-corrected chi connectivity index (χ2v) is 9.03. The van der Waals surface area contributed by atoms with E-state index in [1.165, 1.54) is 36.6 Å². The predicted octanol–water partition coefficient (Wildman–Crippen LogP) is 6.19. The summed E-state index contributed by atoms with van der Waals surface area (Å²) in [5.74, 6) is -0.324. The van der Waals surface area contributed by atoms with Gasteiger partial charge >= 0.3 is 5.97 Å². The van der Waals surface area contributed by atoms with Crippen molar-refractivity contribution in [3.05, 3.63) is 76.4 Å². The average Bonchev–Trinajstić information content (AvgIpc) is 2.64. The first kappa shape index (κ1) is 19.4. The van der Waals surface area contributed by atoms with Gasteiger partial charge in [0.25, 0.3) is 0 Å². The van der Waals surface area contributed by atoms with Gasteiger partial charge in [-0.15, -0.1) is 0 Å². The Morgan fingerprint density at radius 3 is 2.11 bits per heavy atom. The third-order valence-electron chi connectivity index (χ3n) is 6.16. The molecule has 1 aliphatic carbocycles. The molecule has 0 heterocycles. The van der Waals surface area contributed by atoms with Crippen LogP contribution in [0, 0.1) is 6.92 Å². The van der Waals surface area contributed by atoms with Gasteiger partial charge < -0.3 is 4.74 Å². The lowest BCUT2D eigenvalue weighted by atomic mass is 9.62. The first-order chi connectivity index (χ1) is 12.6. The predicted molar refractivity (Wildman–Crippen MR) is 112 cm³/mol. The van der Waals surface area contributed by atoms with Crippen molar-refractivity contribution in [3.63, 3.8) is 0 Å². The van der Waals surface area contributed by atoms with Crippen molar-refractivity contribution in [2.24, 2.45) is 0 Å². The maximum Gasteiger partial charge on any atom is 0.337 e. The summed E-state index contributed by atoms with van der Waals surface area (Å²) < 4.78 is 4.86. The Labute approximate surface area is 163 Å². The number of rotatable bonds is 3. The molecule has 3 rings (SSSR count). The fourth-order valence-corrected chi connectivity index (χ4v) is 4.15. The van der Waals surface area contributed by atoms with E-state index < -0.39 is 0 Å². The molecule has 0 radical (unpaired) electrons. The zero-order valence-electron chi connectivity index (χ0n) is 17.4. The highest BCUT2D eigenvalue weighted by atomic mass is 16.5. The van der Waals surface area contributed by atoms with Gasteiger partial charge in [0.1, 0.15) is 0 Å². The fourth-order valence-electron chi connectivity index (χ4n) is 4.15. The molecule has 0 atom stereocenters. The van der Waals surface area contributed by atoms with Gasteiger partial charge in [-0.1, -0.05) is 58.5 Å². The Kier molecular flexibility index (Phi) is 4.80. The van der Waals surface area contributed by atoms with Crippen LogP contribution in [-0.4, -0.2) is 13.1 Å². The highest BCUT2D eigenvalue weighted by Gasteiger charge is 2.37. The van der Waals surface area contributed by atoms with Gasteiger partial charge in [-0.2, -0.15) is 0 Å². The second-order valence-electron chi connectivity index (χ2n) is 9.03. The minimum absolute atomic E-state index is 0.154. The number of benzene rings is 2. The van der Waals surface area contributed by atoms with E-state index in [2.05, 4.69) is 53.3 Å². The number of hydrogen-bond acceptors (Lipinski definition) is 2. The fraction of sp³-hybridized carbons (Fsp3) is 0.400. The lowest BCUT2D eigenvalue weighted by Gasteiger charge is -2.42. The van der Waals surface area contributed by atoms with Gasteiger partial charge in [0.2, 0.25) is 0 Å². The molecule has 0 amide bonds. The molecule has 0 fully saturated rings.